The van der Waals surface area contributed by atoms with E-state index in [2.05, 4.69) is 15.6 Å². The first-order valence-corrected chi connectivity index (χ1v) is 6.66. The summed E-state index contributed by atoms with van der Waals surface area (Å²) in [5.74, 6) is 0.273. The van der Waals surface area contributed by atoms with Gasteiger partial charge in [0.05, 0.1) is 0 Å². The Balaban J connectivity index is 2.40. The molecule has 0 aliphatic rings. The summed E-state index contributed by atoms with van der Waals surface area (Å²) in [4.78, 5) is 15.7. The third-order valence-electron chi connectivity index (χ3n) is 2.80. The molecule has 5 nitrogen and oxygen atoms in total. The molecule has 106 valence electrons. The maximum Gasteiger partial charge on any atom is 0.315 e. The Hall–Kier alpha value is -1.33. The van der Waals surface area contributed by atoms with Crippen LogP contribution in [0.3, 0.4) is 0 Å². The van der Waals surface area contributed by atoms with Crippen LogP contribution in [0.25, 0.3) is 0 Å². The van der Waals surface area contributed by atoms with E-state index in [1.54, 1.807) is 12.3 Å². The molecule has 0 aliphatic heterocycles. The molecule has 1 rings (SSSR count). The van der Waals surface area contributed by atoms with E-state index in [9.17, 15) is 4.79 Å². The zero-order valence-electron chi connectivity index (χ0n) is 11.2. The summed E-state index contributed by atoms with van der Waals surface area (Å²) in [6.07, 6.45) is 2.17. The van der Waals surface area contributed by atoms with Crippen molar-refractivity contribution in [3.05, 3.63) is 29.0 Å². The van der Waals surface area contributed by atoms with E-state index < -0.39 is 0 Å². The van der Waals surface area contributed by atoms with E-state index in [0.717, 1.165) is 5.56 Å². The maximum atomic E-state index is 11.7. The van der Waals surface area contributed by atoms with Gasteiger partial charge in [0.25, 0.3) is 0 Å². The summed E-state index contributed by atoms with van der Waals surface area (Å²) < 4.78 is 0. The molecule has 1 atom stereocenters. The van der Waals surface area contributed by atoms with Crippen LogP contribution in [0, 0.1) is 5.92 Å². The molecule has 0 aromatic carbocycles. The highest BCUT2D eigenvalue weighted by Gasteiger charge is 2.15. The third-order valence-corrected chi connectivity index (χ3v) is 3.03. The highest BCUT2D eigenvalue weighted by molar-refractivity contribution is 6.29. The Kier molecular flexibility index (Phi) is 6.59. The fraction of sp³-hybridized carbons (Fsp3) is 0.538. The summed E-state index contributed by atoms with van der Waals surface area (Å²) in [7, 11) is 0. The van der Waals surface area contributed by atoms with Crippen LogP contribution in [0.5, 0.6) is 0 Å². The van der Waals surface area contributed by atoms with Gasteiger partial charge in [-0.25, -0.2) is 9.78 Å². The van der Waals surface area contributed by atoms with Gasteiger partial charge < -0.3 is 15.7 Å². The smallest absolute Gasteiger partial charge is 0.315 e. The highest BCUT2D eigenvalue weighted by Crippen LogP contribution is 2.06. The molecule has 0 aliphatic carbocycles. The molecule has 0 saturated heterocycles. The number of hydrogen-bond acceptors (Lipinski definition) is 3. The van der Waals surface area contributed by atoms with Crippen LogP contribution in [-0.4, -0.2) is 28.8 Å². The van der Waals surface area contributed by atoms with E-state index in [4.69, 9.17) is 16.7 Å². The molecule has 0 saturated carbocycles. The number of carbonyl (C=O) groups is 1. The van der Waals surface area contributed by atoms with E-state index in [1.165, 1.54) is 0 Å². The maximum absolute atomic E-state index is 11.7. The fourth-order valence-electron chi connectivity index (χ4n) is 1.62. The van der Waals surface area contributed by atoms with Gasteiger partial charge in [-0.05, 0) is 24.0 Å². The number of nitrogens with zero attached hydrogens (tertiary/aromatic N) is 1. The largest absolute Gasteiger partial charge is 0.396 e. The summed E-state index contributed by atoms with van der Waals surface area (Å²) in [6, 6.07) is 3.21. The average molecular weight is 286 g/mol. The van der Waals surface area contributed by atoms with Crippen molar-refractivity contribution >= 4 is 17.6 Å². The minimum absolute atomic E-state index is 0.0339. The molecule has 1 heterocycles. The molecule has 1 unspecified atom stereocenters. The Morgan fingerprint density at radius 2 is 2.21 bits per heavy atom. The topological polar surface area (TPSA) is 74.2 Å². The number of hydrogen-bond donors (Lipinski definition) is 3. The normalized spacial score (nSPS) is 12.3. The molecular weight excluding hydrogens is 266 g/mol. The molecule has 1 aromatic heterocycles. The lowest BCUT2D eigenvalue weighted by Gasteiger charge is -2.21. The Morgan fingerprint density at radius 3 is 2.74 bits per heavy atom. The van der Waals surface area contributed by atoms with Gasteiger partial charge in [-0.15, -0.1) is 0 Å². The van der Waals surface area contributed by atoms with Crippen molar-refractivity contribution in [2.75, 3.05) is 6.61 Å². The van der Waals surface area contributed by atoms with E-state index in [1.807, 2.05) is 19.9 Å². The van der Waals surface area contributed by atoms with Gasteiger partial charge in [-0.3, -0.25) is 0 Å². The lowest BCUT2D eigenvalue weighted by molar-refractivity contribution is 0.218. The van der Waals surface area contributed by atoms with E-state index >= 15 is 0 Å². The standard InChI is InChI=1S/C13H20ClN3O2/c1-9(2)11(5-6-18)17-13(19)16-8-10-3-4-12(14)15-7-10/h3-4,7,9,11,18H,5-6,8H2,1-2H3,(H2,16,17,19). The van der Waals surface area contributed by atoms with Gasteiger partial charge >= 0.3 is 6.03 Å². The molecule has 0 spiro atoms. The van der Waals surface area contributed by atoms with Crippen molar-refractivity contribution in [1.29, 1.82) is 0 Å². The highest BCUT2D eigenvalue weighted by atomic mass is 35.5. The molecule has 2 amide bonds. The minimum Gasteiger partial charge on any atom is -0.396 e. The van der Waals surface area contributed by atoms with Crippen molar-refractivity contribution in [3.8, 4) is 0 Å². The fourth-order valence-corrected chi connectivity index (χ4v) is 1.74. The molecule has 0 radical (unpaired) electrons. The van der Waals surface area contributed by atoms with Crippen molar-refractivity contribution < 1.29 is 9.90 Å². The number of carbonyl (C=O) groups excluding carboxylic acids is 1. The number of aliphatic hydroxyl groups is 1. The number of halogens is 1. The molecule has 3 N–H and O–H groups in total. The lowest BCUT2D eigenvalue weighted by atomic mass is 10.0. The first kappa shape index (κ1) is 15.7. The zero-order chi connectivity index (χ0) is 14.3. The quantitative estimate of drug-likeness (QED) is 0.699. The van der Waals surface area contributed by atoms with Crippen molar-refractivity contribution in [2.45, 2.75) is 32.9 Å². The van der Waals surface area contributed by atoms with E-state index in [-0.39, 0.29) is 24.6 Å². The van der Waals surface area contributed by atoms with Gasteiger partial charge in [0.15, 0.2) is 0 Å². The van der Waals surface area contributed by atoms with Gasteiger partial charge in [-0.1, -0.05) is 31.5 Å². The molecule has 19 heavy (non-hydrogen) atoms. The first-order chi connectivity index (χ1) is 9.02. The Bertz CT molecular complexity index is 395. The molecular formula is C13H20ClN3O2. The second-order valence-electron chi connectivity index (χ2n) is 4.68. The summed E-state index contributed by atoms with van der Waals surface area (Å²) >= 11 is 5.68. The van der Waals surface area contributed by atoms with Gasteiger partial charge in [0.1, 0.15) is 5.15 Å². The van der Waals surface area contributed by atoms with Gasteiger partial charge in [-0.2, -0.15) is 0 Å². The molecule has 1 aromatic rings. The molecule has 0 fully saturated rings. The summed E-state index contributed by atoms with van der Waals surface area (Å²) in [5.41, 5.74) is 0.878. The van der Waals surface area contributed by atoms with Gasteiger partial charge in [0, 0.05) is 25.4 Å². The number of nitrogens with one attached hydrogen (secondary N) is 2. The third kappa shape index (κ3) is 5.89. The number of pyridine rings is 1. The van der Waals surface area contributed by atoms with Crippen LogP contribution in [-0.2, 0) is 6.54 Å². The first-order valence-electron chi connectivity index (χ1n) is 6.28. The van der Waals surface area contributed by atoms with Crippen LogP contribution < -0.4 is 10.6 Å². The van der Waals surface area contributed by atoms with Crippen LogP contribution in [0.1, 0.15) is 25.8 Å². The number of aliphatic hydroxyl groups excluding tert-OH is 1. The second kappa shape index (κ2) is 7.96. The predicted molar refractivity (Wildman–Crippen MR) is 74.9 cm³/mol. The average Bonchev–Trinajstić information content (AvgIpc) is 2.37. The number of rotatable bonds is 6. The predicted octanol–water partition coefficient (Wildman–Crippen LogP) is 1.94. The van der Waals surface area contributed by atoms with Crippen LogP contribution >= 0.6 is 11.6 Å². The van der Waals surface area contributed by atoms with Gasteiger partial charge in [0.2, 0.25) is 0 Å². The van der Waals surface area contributed by atoms with Crippen LogP contribution in [0.4, 0.5) is 4.79 Å². The lowest BCUT2D eigenvalue weighted by Crippen LogP contribution is -2.44. The molecule has 0 bridgehead atoms. The minimum atomic E-state index is -0.248. The number of aromatic nitrogens is 1. The number of urea groups is 1. The van der Waals surface area contributed by atoms with Crippen molar-refractivity contribution in [1.82, 2.24) is 15.6 Å². The van der Waals surface area contributed by atoms with E-state index in [0.29, 0.717) is 18.1 Å². The molecule has 6 heteroatoms. The van der Waals surface area contributed by atoms with Crippen LogP contribution in [0.15, 0.2) is 18.3 Å². The zero-order valence-corrected chi connectivity index (χ0v) is 11.9. The van der Waals surface area contributed by atoms with Crippen molar-refractivity contribution in [3.63, 3.8) is 0 Å². The van der Waals surface area contributed by atoms with Crippen molar-refractivity contribution in [2.24, 2.45) is 5.92 Å². The second-order valence-corrected chi connectivity index (χ2v) is 5.07. The number of amides is 2. The summed E-state index contributed by atoms with van der Waals surface area (Å²) in [6.45, 7) is 4.46. The Labute approximate surface area is 118 Å². The summed E-state index contributed by atoms with van der Waals surface area (Å²) in [5, 5.41) is 15.0. The monoisotopic (exact) mass is 285 g/mol. The SMILES string of the molecule is CC(C)C(CCO)NC(=O)NCc1ccc(Cl)nc1. The Morgan fingerprint density at radius 1 is 1.47 bits per heavy atom. The van der Waals surface area contributed by atoms with Crippen LogP contribution in [0.2, 0.25) is 5.15 Å².